The van der Waals surface area contributed by atoms with E-state index in [-0.39, 0.29) is 0 Å². The number of hydrogen-bond donors (Lipinski definition) is 1. The van der Waals surface area contributed by atoms with Crippen LogP contribution in [0.5, 0.6) is 0 Å². The van der Waals surface area contributed by atoms with Crippen molar-refractivity contribution in [3.05, 3.63) is 17.3 Å². The summed E-state index contributed by atoms with van der Waals surface area (Å²) < 4.78 is 8.84. The highest BCUT2D eigenvalue weighted by atomic mass is 32.1. The van der Waals surface area contributed by atoms with E-state index in [0.29, 0.717) is 6.10 Å². The molecule has 130 valence electrons. The van der Waals surface area contributed by atoms with E-state index >= 15 is 0 Å². The second-order valence-electron chi connectivity index (χ2n) is 6.03. The summed E-state index contributed by atoms with van der Waals surface area (Å²) in [5.74, 6) is 0.952. The molecule has 1 aliphatic heterocycles. The van der Waals surface area contributed by atoms with Gasteiger partial charge in [0.1, 0.15) is 4.83 Å². The van der Waals surface area contributed by atoms with Crippen LogP contribution in [0.1, 0.15) is 37.9 Å². The molecule has 0 aromatic carbocycles. The molecule has 4 heterocycles. The molecule has 1 aliphatic rings. The topological polar surface area (TPSA) is 52.0 Å². The summed E-state index contributed by atoms with van der Waals surface area (Å²) in [5.41, 5.74) is 3.51. The van der Waals surface area contributed by atoms with Gasteiger partial charge in [-0.1, -0.05) is 13.8 Å². The van der Waals surface area contributed by atoms with Gasteiger partial charge in [-0.2, -0.15) is 5.10 Å². The summed E-state index contributed by atoms with van der Waals surface area (Å²) in [6.07, 6.45) is 2.61. The van der Waals surface area contributed by atoms with Crippen LogP contribution < -0.4 is 5.32 Å². The van der Waals surface area contributed by atoms with Gasteiger partial charge in [0, 0.05) is 31.3 Å². The van der Waals surface area contributed by atoms with Crippen LogP contribution in [-0.2, 0) is 11.8 Å². The van der Waals surface area contributed by atoms with Crippen molar-refractivity contribution < 1.29 is 4.74 Å². The third kappa shape index (κ3) is 3.00. The highest BCUT2D eigenvalue weighted by molar-refractivity contribution is 7.26. The number of ether oxygens (including phenoxy) is 1. The van der Waals surface area contributed by atoms with Crippen LogP contribution >= 0.6 is 11.3 Å². The highest BCUT2D eigenvalue weighted by Gasteiger charge is 2.20. The Balaban J connectivity index is 0.000000815. The first-order valence-corrected chi connectivity index (χ1v) is 9.54. The molecule has 0 bridgehead atoms. The minimum atomic E-state index is 0.313. The smallest absolute Gasteiger partial charge is 0.166 e. The summed E-state index contributed by atoms with van der Waals surface area (Å²) in [6, 6.07) is 2.14. The van der Waals surface area contributed by atoms with Crippen molar-refractivity contribution in [3.8, 4) is 0 Å². The summed E-state index contributed by atoms with van der Waals surface area (Å²) in [6.45, 7) is 9.91. The van der Waals surface area contributed by atoms with Gasteiger partial charge < -0.3 is 10.1 Å². The lowest BCUT2D eigenvalue weighted by molar-refractivity contribution is 0.120. The zero-order chi connectivity index (χ0) is 17.3. The molecule has 3 aromatic heterocycles. The first-order chi connectivity index (χ1) is 11.6. The van der Waals surface area contributed by atoms with Crippen molar-refractivity contribution in [1.82, 2.24) is 14.8 Å². The second kappa shape index (κ2) is 7.07. The predicted octanol–water partition coefficient (Wildman–Crippen LogP) is 4.42. The molecule has 0 amide bonds. The van der Waals surface area contributed by atoms with Crippen LogP contribution in [0.3, 0.4) is 0 Å². The lowest BCUT2D eigenvalue weighted by atomic mass is 10.1. The number of hydrogen-bond acceptors (Lipinski definition) is 5. The number of rotatable bonds is 3. The summed E-state index contributed by atoms with van der Waals surface area (Å²) >= 11 is 1.72. The van der Waals surface area contributed by atoms with E-state index in [0.717, 1.165) is 42.3 Å². The van der Waals surface area contributed by atoms with Crippen LogP contribution in [0, 0.1) is 13.8 Å². The van der Waals surface area contributed by atoms with Gasteiger partial charge in [0.05, 0.1) is 16.3 Å². The summed E-state index contributed by atoms with van der Waals surface area (Å²) in [5, 5.41) is 9.36. The SMILES string of the molecule is CC.Cc1cc(C)c2c(n1)sc1c(NCC3CCCO3)nn(C)c12. The number of fused-ring (bicyclic) bond motifs is 3. The molecule has 1 N–H and O–H groups in total. The predicted molar refractivity (Wildman–Crippen MR) is 102 cm³/mol. The molecule has 0 saturated carbocycles. The number of thiophene rings is 1. The second-order valence-corrected chi connectivity index (χ2v) is 7.03. The summed E-state index contributed by atoms with van der Waals surface area (Å²) in [4.78, 5) is 5.79. The number of anilines is 1. The van der Waals surface area contributed by atoms with Crippen LogP contribution in [0.25, 0.3) is 20.4 Å². The Hall–Kier alpha value is -1.66. The molecule has 1 fully saturated rings. The maximum absolute atomic E-state index is 5.68. The van der Waals surface area contributed by atoms with Crippen LogP contribution in [-0.4, -0.2) is 34.0 Å². The van der Waals surface area contributed by atoms with Crippen molar-refractivity contribution >= 4 is 37.6 Å². The average Bonchev–Trinajstić information content (AvgIpc) is 3.25. The third-order valence-corrected chi connectivity index (χ3v) is 5.35. The van der Waals surface area contributed by atoms with E-state index in [1.165, 1.54) is 21.2 Å². The fraction of sp³-hybridized carbons (Fsp3) is 0.556. The number of nitrogens with one attached hydrogen (secondary N) is 1. The van der Waals surface area contributed by atoms with Gasteiger partial charge in [-0.05, 0) is 38.3 Å². The van der Waals surface area contributed by atoms with Crippen molar-refractivity contribution in [2.75, 3.05) is 18.5 Å². The van der Waals surface area contributed by atoms with Crippen molar-refractivity contribution in [2.45, 2.75) is 46.6 Å². The van der Waals surface area contributed by atoms with E-state index in [1.807, 2.05) is 32.5 Å². The zero-order valence-corrected chi connectivity index (χ0v) is 16.0. The molecule has 24 heavy (non-hydrogen) atoms. The van der Waals surface area contributed by atoms with E-state index in [9.17, 15) is 0 Å². The molecule has 6 heteroatoms. The Kier molecular flexibility index (Phi) is 5.06. The van der Waals surface area contributed by atoms with Gasteiger partial charge >= 0.3 is 0 Å². The molecular weight excluding hydrogens is 320 g/mol. The van der Waals surface area contributed by atoms with E-state index in [4.69, 9.17) is 9.72 Å². The van der Waals surface area contributed by atoms with Gasteiger partial charge in [-0.25, -0.2) is 4.98 Å². The fourth-order valence-electron chi connectivity index (χ4n) is 3.27. The van der Waals surface area contributed by atoms with E-state index < -0.39 is 0 Å². The number of aromatic nitrogens is 3. The van der Waals surface area contributed by atoms with Gasteiger partial charge in [0.2, 0.25) is 0 Å². The number of nitrogens with zero attached hydrogens (tertiary/aromatic N) is 3. The maximum Gasteiger partial charge on any atom is 0.166 e. The van der Waals surface area contributed by atoms with Crippen molar-refractivity contribution in [3.63, 3.8) is 0 Å². The zero-order valence-electron chi connectivity index (χ0n) is 15.1. The Morgan fingerprint density at radius 1 is 1.38 bits per heavy atom. The Morgan fingerprint density at radius 2 is 2.17 bits per heavy atom. The lowest BCUT2D eigenvalue weighted by Gasteiger charge is -2.09. The first kappa shape index (κ1) is 17.2. The Morgan fingerprint density at radius 3 is 2.88 bits per heavy atom. The molecule has 0 aliphatic carbocycles. The molecule has 1 unspecified atom stereocenters. The van der Waals surface area contributed by atoms with Crippen molar-refractivity contribution in [1.29, 1.82) is 0 Å². The van der Waals surface area contributed by atoms with Gasteiger partial charge in [0.25, 0.3) is 0 Å². The first-order valence-electron chi connectivity index (χ1n) is 8.72. The molecule has 5 nitrogen and oxygen atoms in total. The molecule has 0 radical (unpaired) electrons. The Labute approximate surface area is 147 Å². The lowest BCUT2D eigenvalue weighted by Crippen LogP contribution is -2.18. The number of aryl methyl sites for hydroxylation is 3. The molecular formula is C18H26N4OS. The standard InChI is InChI=1S/C16H20N4OS.C2H6/c1-9-7-10(2)18-16-12(9)13-14(22-16)15(19-20(13)3)17-8-11-5-4-6-21-11;1-2/h7,11H,4-6,8H2,1-3H3,(H,17,19);1-2H3. The monoisotopic (exact) mass is 346 g/mol. The van der Waals surface area contributed by atoms with E-state index in [1.54, 1.807) is 11.3 Å². The van der Waals surface area contributed by atoms with Gasteiger partial charge in [0.15, 0.2) is 5.82 Å². The highest BCUT2D eigenvalue weighted by Crippen LogP contribution is 2.38. The van der Waals surface area contributed by atoms with Crippen LogP contribution in [0.4, 0.5) is 5.82 Å². The van der Waals surface area contributed by atoms with Crippen LogP contribution in [0.15, 0.2) is 6.07 Å². The fourth-order valence-corrected chi connectivity index (χ4v) is 4.55. The minimum absolute atomic E-state index is 0.313. The minimum Gasteiger partial charge on any atom is -0.376 e. The van der Waals surface area contributed by atoms with Crippen molar-refractivity contribution in [2.24, 2.45) is 7.05 Å². The quantitative estimate of drug-likeness (QED) is 0.763. The molecule has 4 rings (SSSR count). The molecule has 0 spiro atoms. The third-order valence-electron chi connectivity index (χ3n) is 4.27. The van der Waals surface area contributed by atoms with Crippen LogP contribution in [0.2, 0.25) is 0 Å². The normalized spacial score (nSPS) is 17.3. The Bertz CT molecular complexity index is 846. The molecule has 1 saturated heterocycles. The van der Waals surface area contributed by atoms with Gasteiger partial charge in [-0.3, -0.25) is 4.68 Å². The van der Waals surface area contributed by atoms with E-state index in [2.05, 4.69) is 23.4 Å². The summed E-state index contributed by atoms with van der Waals surface area (Å²) in [7, 11) is 2.00. The molecule has 3 aromatic rings. The largest absolute Gasteiger partial charge is 0.376 e. The molecule has 1 atom stereocenters. The number of pyridine rings is 1. The van der Waals surface area contributed by atoms with Gasteiger partial charge in [-0.15, -0.1) is 11.3 Å². The maximum atomic E-state index is 5.68. The average molecular weight is 347 g/mol.